The van der Waals surface area contributed by atoms with Gasteiger partial charge in [0.05, 0.1) is 6.04 Å². The number of nitrogens with two attached hydrogens (primary N) is 1. The molecule has 1 amide bonds. The lowest BCUT2D eigenvalue weighted by atomic mass is 10.0. The third-order valence-electron chi connectivity index (χ3n) is 3.83. The highest BCUT2D eigenvalue weighted by atomic mass is 16.2. The highest BCUT2D eigenvalue weighted by molar-refractivity contribution is 5.86. The molecule has 4 heteroatoms. The molecule has 4 N–H and O–H groups in total. The number of carbonyl (C=O) groups is 1. The summed E-state index contributed by atoms with van der Waals surface area (Å²) in [5, 5.41) is 4.14. The number of aromatic amines is 1. The Hall–Kier alpha value is -1.81. The summed E-state index contributed by atoms with van der Waals surface area (Å²) in [5.41, 5.74) is 8.22. The lowest BCUT2D eigenvalue weighted by Crippen LogP contribution is -2.45. The molecule has 1 heterocycles. The Morgan fingerprint density at radius 2 is 2.14 bits per heavy atom. The Kier molecular flexibility index (Phi) is 5.39. The van der Waals surface area contributed by atoms with Crippen molar-refractivity contribution >= 4 is 16.8 Å². The zero-order chi connectivity index (χ0) is 15.2. The van der Waals surface area contributed by atoms with E-state index in [1.807, 2.05) is 31.3 Å². The summed E-state index contributed by atoms with van der Waals surface area (Å²) < 4.78 is 0. The van der Waals surface area contributed by atoms with Gasteiger partial charge in [-0.1, -0.05) is 38.0 Å². The molecule has 1 aromatic heterocycles. The van der Waals surface area contributed by atoms with Crippen LogP contribution in [0.1, 0.15) is 38.7 Å². The van der Waals surface area contributed by atoms with Gasteiger partial charge in [-0.05, 0) is 31.4 Å². The molecule has 21 heavy (non-hydrogen) atoms. The van der Waals surface area contributed by atoms with Crippen molar-refractivity contribution in [1.29, 1.82) is 0 Å². The van der Waals surface area contributed by atoms with E-state index in [4.69, 9.17) is 5.73 Å². The predicted molar refractivity (Wildman–Crippen MR) is 87.1 cm³/mol. The standard InChI is InChI=1S/C17H25N3O/c1-3-4-7-12(2)20-17(21)15(18)10-13-11-19-16-9-6-5-8-14(13)16/h5-6,8-9,11-12,15,19H,3-4,7,10,18H2,1-2H3,(H,20,21)/t12?,15-/m0/s1. The van der Waals surface area contributed by atoms with E-state index in [2.05, 4.69) is 23.3 Å². The normalized spacial score (nSPS) is 14.0. The first kappa shape index (κ1) is 15.6. The van der Waals surface area contributed by atoms with E-state index in [1.54, 1.807) is 0 Å². The molecule has 0 radical (unpaired) electrons. The smallest absolute Gasteiger partial charge is 0.237 e. The number of rotatable bonds is 7. The molecule has 0 bridgehead atoms. The Bertz CT molecular complexity index is 590. The summed E-state index contributed by atoms with van der Waals surface area (Å²) in [7, 11) is 0. The second-order valence-electron chi connectivity index (χ2n) is 5.72. The average Bonchev–Trinajstić information content (AvgIpc) is 2.88. The minimum absolute atomic E-state index is 0.0658. The molecule has 0 aliphatic carbocycles. The van der Waals surface area contributed by atoms with Crippen LogP contribution in [0.4, 0.5) is 0 Å². The third-order valence-corrected chi connectivity index (χ3v) is 3.83. The summed E-state index contributed by atoms with van der Waals surface area (Å²) in [6, 6.07) is 7.75. The van der Waals surface area contributed by atoms with Crippen molar-refractivity contribution in [1.82, 2.24) is 10.3 Å². The SMILES string of the molecule is CCCCC(C)NC(=O)[C@@H](N)Cc1c[nH]c2ccccc12. The summed E-state index contributed by atoms with van der Waals surface area (Å²) in [6.07, 6.45) is 5.76. The Balaban J connectivity index is 1.94. The van der Waals surface area contributed by atoms with E-state index in [9.17, 15) is 4.79 Å². The fraction of sp³-hybridized carbons (Fsp3) is 0.471. The van der Waals surface area contributed by atoms with Gasteiger partial charge in [-0.2, -0.15) is 0 Å². The minimum Gasteiger partial charge on any atom is -0.361 e. The summed E-state index contributed by atoms with van der Waals surface area (Å²) in [6.45, 7) is 4.18. The second kappa shape index (κ2) is 7.27. The number of fused-ring (bicyclic) bond motifs is 1. The molecule has 1 aromatic carbocycles. The van der Waals surface area contributed by atoms with E-state index < -0.39 is 6.04 Å². The topological polar surface area (TPSA) is 70.9 Å². The summed E-state index contributed by atoms with van der Waals surface area (Å²) in [4.78, 5) is 15.3. The van der Waals surface area contributed by atoms with Crippen molar-refractivity contribution in [2.24, 2.45) is 5.73 Å². The van der Waals surface area contributed by atoms with Crippen molar-refractivity contribution in [3.63, 3.8) is 0 Å². The minimum atomic E-state index is -0.506. The molecule has 0 spiro atoms. The number of carbonyl (C=O) groups excluding carboxylic acids is 1. The number of unbranched alkanes of at least 4 members (excludes halogenated alkanes) is 1. The highest BCUT2D eigenvalue weighted by Crippen LogP contribution is 2.18. The van der Waals surface area contributed by atoms with Crippen LogP contribution in [-0.4, -0.2) is 23.0 Å². The average molecular weight is 287 g/mol. The highest BCUT2D eigenvalue weighted by Gasteiger charge is 2.17. The van der Waals surface area contributed by atoms with Crippen LogP contribution >= 0.6 is 0 Å². The van der Waals surface area contributed by atoms with E-state index in [-0.39, 0.29) is 11.9 Å². The number of benzene rings is 1. The maximum Gasteiger partial charge on any atom is 0.237 e. The molecule has 0 fully saturated rings. The Morgan fingerprint density at radius 3 is 2.90 bits per heavy atom. The number of amides is 1. The van der Waals surface area contributed by atoms with Crippen LogP contribution < -0.4 is 11.1 Å². The molecular weight excluding hydrogens is 262 g/mol. The van der Waals surface area contributed by atoms with E-state index in [1.165, 1.54) is 0 Å². The van der Waals surface area contributed by atoms with Crippen molar-refractivity contribution < 1.29 is 4.79 Å². The van der Waals surface area contributed by atoms with E-state index >= 15 is 0 Å². The van der Waals surface area contributed by atoms with Crippen LogP contribution in [0, 0.1) is 0 Å². The molecule has 0 saturated heterocycles. The van der Waals surface area contributed by atoms with Gasteiger partial charge < -0.3 is 16.0 Å². The van der Waals surface area contributed by atoms with Gasteiger partial charge in [-0.3, -0.25) is 4.79 Å². The Labute approximate surface area is 126 Å². The van der Waals surface area contributed by atoms with Crippen LogP contribution in [0.25, 0.3) is 10.9 Å². The van der Waals surface area contributed by atoms with Crippen LogP contribution in [0.5, 0.6) is 0 Å². The van der Waals surface area contributed by atoms with Gasteiger partial charge >= 0.3 is 0 Å². The molecule has 0 saturated carbocycles. The lowest BCUT2D eigenvalue weighted by Gasteiger charge is -2.17. The molecule has 1 unspecified atom stereocenters. The van der Waals surface area contributed by atoms with Crippen molar-refractivity contribution in [2.45, 2.75) is 51.6 Å². The van der Waals surface area contributed by atoms with Crippen LogP contribution in [0.2, 0.25) is 0 Å². The predicted octanol–water partition coefficient (Wildman–Crippen LogP) is 2.73. The van der Waals surface area contributed by atoms with E-state index in [0.29, 0.717) is 6.42 Å². The monoisotopic (exact) mass is 287 g/mol. The molecule has 4 nitrogen and oxygen atoms in total. The number of aromatic nitrogens is 1. The van der Waals surface area contributed by atoms with Crippen LogP contribution in [0.3, 0.4) is 0 Å². The first-order valence-corrected chi connectivity index (χ1v) is 7.72. The first-order chi connectivity index (χ1) is 10.1. The molecule has 0 aliphatic rings. The van der Waals surface area contributed by atoms with Crippen LogP contribution in [-0.2, 0) is 11.2 Å². The molecular formula is C17H25N3O. The molecule has 0 aliphatic heterocycles. The quantitative estimate of drug-likeness (QED) is 0.732. The molecule has 2 aromatic rings. The van der Waals surface area contributed by atoms with Gasteiger partial charge in [0.1, 0.15) is 0 Å². The Morgan fingerprint density at radius 1 is 1.38 bits per heavy atom. The van der Waals surface area contributed by atoms with Gasteiger partial charge in [0.2, 0.25) is 5.91 Å². The zero-order valence-corrected chi connectivity index (χ0v) is 12.9. The molecule has 2 atom stereocenters. The fourth-order valence-corrected chi connectivity index (χ4v) is 2.56. The number of nitrogens with one attached hydrogen (secondary N) is 2. The maximum atomic E-state index is 12.1. The summed E-state index contributed by atoms with van der Waals surface area (Å²) in [5.74, 6) is -0.0658. The molecule has 114 valence electrons. The van der Waals surface area contributed by atoms with Crippen LogP contribution in [0.15, 0.2) is 30.5 Å². The zero-order valence-electron chi connectivity index (χ0n) is 12.9. The third kappa shape index (κ3) is 4.08. The van der Waals surface area contributed by atoms with Gasteiger partial charge in [-0.25, -0.2) is 0 Å². The first-order valence-electron chi connectivity index (χ1n) is 7.72. The second-order valence-corrected chi connectivity index (χ2v) is 5.72. The van der Waals surface area contributed by atoms with Gasteiger partial charge in [-0.15, -0.1) is 0 Å². The van der Waals surface area contributed by atoms with Gasteiger partial charge in [0.15, 0.2) is 0 Å². The van der Waals surface area contributed by atoms with Crippen molar-refractivity contribution in [2.75, 3.05) is 0 Å². The van der Waals surface area contributed by atoms with Gasteiger partial charge in [0, 0.05) is 23.1 Å². The fourth-order valence-electron chi connectivity index (χ4n) is 2.56. The van der Waals surface area contributed by atoms with Crippen molar-refractivity contribution in [3.05, 3.63) is 36.0 Å². The summed E-state index contributed by atoms with van der Waals surface area (Å²) >= 11 is 0. The maximum absolute atomic E-state index is 12.1. The number of para-hydroxylation sites is 1. The number of hydrogen-bond acceptors (Lipinski definition) is 2. The largest absolute Gasteiger partial charge is 0.361 e. The number of H-pyrrole nitrogens is 1. The number of hydrogen-bond donors (Lipinski definition) is 3. The van der Waals surface area contributed by atoms with E-state index in [0.717, 1.165) is 35.7 Å². The lowest BCUT2D eigenvalue weighted by molar-refractivity contribution is -0.123. The van der Waals surface area contributed by atoms with Gasteiger partial charge in [0.25, 0.3) is 0 Å². The molecule has 2 rings (SSSR count). The van der Waals surface area contributed by atoms with Crippen molar-refractivity contribution in [3.8, 4) is 0 Å².